The number of nitrogens with one attached hydrogen (secondary N) is 1. The number of nitrogens with two attached hydrogens (primary N) is 1. The van der Waals surface area contributed by atoms with E-state index in [0.717, 1.165) is 49.3 Å². The number of aromatic nitrogens is 4. The third-order valence-electron chi connectivity index (χ3n) is 8.58. The fraction of sp³-hybridized carbons (Fsp3) is 0.593. The van der Waals surface area contributed by atoms with Crippen LogP contribution in [0.5, 0.6) is 5.75 Å². The molecule has 0 unspecified atom stereocenters. The van der Waals surface area contributed by atoms with E-state index in [2.05, 4.69) is 43.5 Å². The highest BCUT2D eigenvalue weighted by Gasteiger charge is 2.75. The van der Waals surface area contributed by atoms with Crippen molar-refractivity contribution in [1.82, 2.24) is 24.6 Å². The zero-order valence-corrected chi connectivity index (χ0v) is 21.9. The second-order valence-electron chi connectivity index (χ2n) is 11.1. The Morgan fingerprint density at radius 2 is 1.89 bits per heavy atom. The molecule has 1 saturated heterocycles. The summed E-state index contributed by atoms with van der Waals surface area (Å²) in [5.41, 5.74) is 8.76. The molecule has 1 aromatic carbocycles. The second kappa shape index (κ2) is 9.60. The molecule has 0 amide bonds. The maximum atomic E-state index is 13.6. The summed E-state index contributed by atoms with van der Waals surface area (Å²) < 4.78 is 40.3. The first-order valence-corrected chi connectivity index (χ1v) is 13.3. The largest absolute Gasteiger partial charge is 0.496 e. The average molecular weight is 528 g/mol. The maximum Gasteiger partial charge on any atom is 0.254 e. The van der Waals surface area contributed by atoms with Crippen LogP contribution in [0.15, 0.2) is 24.4 Å². The molecule has 38 heavy (non-hydrogen) atoms. The zero-order valence-electron chi connectivity index (χ0n) is 21.9. The molecule has 0 atom stereocenters. The number of nitrogen functional groups attached to an aromatic ring is 1. The third-order valence-corrected chi connectivity index (χ3v) is 8.58. The van der Waals surface area contributed by atoms with Crippen LogP contribution in [0.1, 0.15) is 43.2 Å². The number of piperidine rings is 1. The molecule has 1 spiro atoms. The lowest BCUT2D eigenvalue weighted by molar-refractivity contribution is 0.00528. The van der Waals surface area contributed by atoms with Gasteiger partial charge in [0.05, 0.1) is 26.0 Å². The van der Waals surface area contributed by atoms with Crippen molar-refractivity contribution in [3.8, 4) is 5.75 Å². The van der Waals surface area contributed by atoms with E-state index in [-0.39, 0.29) is 18.3 Å². The fourth-order valence-corrected chi connectivity index (χ4v) is 6.26. The van der Waals surface area contributed by atoms with Gasteiger partial charge in [0.15, 0.2) is 5.82 Å². The molecule has 2 aliphatic carbocycles. The topological polar surface area (TPSA) is 103 Å². The predicted molar refractivity (Wildman–Crippen MR) is 140 cm³/mol. The van der Waals surface area contributed by atoms with Crippen LogP contribution in [0.4, 0.5) is 20.5 Å². The van der Waals surface area contributed by atoms with Gasteiger partial charge in [-0.3, -0.25) is 9.58 Å². The third kappa shape index (κ3) is 4.66. The normalized spacial score (nSPS) is 25.0. The van der Waals surface area contributed by atoms with E-state index in [1.54, 1.807) is 20.4 Å². The lowest BCUT2D eigenvalue weighted by Gasteiger charge is -2.36. The van der Waals surface area contributed by atoms with Crippen LogP contribution in [-0.4, -0.2) is 70.5 Å². The molecule has 0 radical (unpaired) electrons. The van der Waals surface area contributed by atoms with E-state index in [9.17, 15) is 8.78 Å². The molecule has 3 N–H and O–H groups in total. The number of alkyl halides is 2. The van der Waals surface area contributed by atoms with Crippen molar-refractivity contribution < 1.29 is 18.3 Å². The van der Waals surface area contributed by atoms with E-state index in [1.165, 1.54) is 5.56 Å². The molecule has 204 valence electrons. The number of ether oxygens (including phenoxy) is 2. The second-order valence-corrected chi connectivity index (χ2v) is 11.1. The molecule has 3 heterocycles. The van der Waals surface area contributed by atoms with Gasteiger partial charge in [-0.1, -0.05) is 12.1 Å². The van der Waals surface area contributed by atoms with Crippen molar-refractivity contribution in [2.24, 2.45) is 11.3 Å². The summed E-state index contributed by atoms with van der Waals surface area (Å²) >= 11 is 0. The Kier molecular flexibility index (Phi) is 6.38. The number of rotatable bonds is 9. The SMILES string of the molecule is COc1cc(CN2CCC(OC)CC2)ccc1Cn1ncc2nc(N)nc(NCC3CC4(C3)CC4(F)F)c21. The highest BCUT2D eigenvalue weighted by atomic mass is 19.3. The molecule has 6 rings (SSSR count). The standard InChI is InChI=1S/C27H35F2N7O2/c1-37-20-5-7-35(8-6-20)14-17-3-4-19(22(9-17)38-2)15-36-23-21(13-32-36)33-25(30)34-24(23)31-12-18-10-26(11-18)16-27(26,28)29/h3-4,9,13,18,20H,5-8,10-12,14-16H2,1-2H3,(H3,30,31,33,34). The minimum atomic E-state index is -2.48. The molecule has 0 bridgehead atoms. The number of benzene rings is 1. The fourth-order valence-electron chi connectivity index (χ4n) is 6.26. The molecule has 11 heteroatoms. The molecule has 1 aliphatic heterocycles. The number of likely N-dealkylation sites (tertiary alicyclic amines) is 1. The number of hydrogen-bond donors (Lipinski definition) is 2. The Morgan fingerprint density at radius 3 is 2.58 bits per heavy atom. The lowest BCUT2D eigenvalue weighted by atomic mass is 9.71. The lowest BCUT2D eigenvalue weighted by Crippen LogP contribution is -2.36. The Hall–Kier alpha value is -3.05. The number of halogens is 2. The zero-order chi connectivity index (χ0) is 26.5. The first-order chi connectivity index (χ1) is 18.3. The molecular formula is C27H35F2N7O2. The van der Waals surface area contributed by atoms with Gasteiger partial charge in [0.25, 0.3) is 5.92 Å². The summed E-state index contributed by atoms with van der Waals surface area (Å²) in [6.45, 7) is 3.94. The van der Waals surface area contributed by atoms with Crippen LogP contribution in [0.25, 0.3) is 11.0 Å². The number of fused-ring (bicyclic) bond motifs is 1. The molecule has 2 saturated carbocycles. The molecule has 3 aliphatic rings. The minimum Gasteiger partial charge on any atom is -0.496 e. The van der Waals surface area contributed by atoms with Crippen molar-refractivity contribution in [1.29, 1.82) is 0 Å². The monoisotopic (exact) mass is 527 g/mol. The van der Waals surface area contributed by atoms with Crippen molar-refractivity contribution in [2.45, 2.75) is 57.2 Å². The van der Waals surface area contributed by atoms with E-state index < -0.39 is 11.3 Å². The Labute approximate surface area is 220 Å². The van der Waals surface area contributed by atoms with Gasteiger partial charge in [-0.25, -0.2) is 13.8 Å². The maximum absolute atomic E-state index is 13.6. The molecule has 2 aromatic heterocycles. The summed E-state index contributed by atoms with van der Waals surface area (Å²) in [5, 5.41) is 7.90. The molecular weight excluding hydrogens is 492 g/mol. The highest BCUT2D eigenvalue weighted by molar-refractivity contribution is 5.86. The van der Waals surface area contributed by atoms with Crippen LogP contribution in [0.2, 0.25) is 0 Å². The van der Waals surface area contributed by atoms with Gasteiger partial charge in [0.2, 0.25) is 5.95 Å². The smallest absolute Gasteiger partial charge is 0.254 e. The van der Waals surface area contributed by atoms with Gasteiger partial charge >= 0.3 is 0 Å². The summed E-state index contributed by atoms with van der Waals surface area (Å²) in [6, 6.07) is 6.31. The summed E-state index contributed by atoms with van der Waals surface area (Å²) in [7, 11) is 3.47. The van der Waals surface area contributed by atoms with Crippen molar-refractivity contribution in [2.75, 3.05) is 44.9 Å². The summed E-state index contributed by atoms with van der Waals surface area (Å²) in [5.74, 6) is -0.768. The van der Waals surface area contributed by atoms with Crippen molar-refractivity contribution in [3.05, 3.63) is 35.5 Å². The van der Waals surface area contributed by atoms with Gasteiger partial charge in [-0.2, -0.15) is 10.1 Å². The van der Waals surface area contributed by atoms with Gasteiger partial charge in [0.1, 0.15) is 16.8 Å². The summed E-state index contributed by atoms with van der Waals surface area (Å²) in [4.78, 5) is 11.2. The number of hydrogen-bond acceptors (Lipinski definition) is 8. The molecule has 3 fully saturated rings. The number of nitrogens with zero attached hydrogens (tertiary/aromatic N) is 5. The first-order valence-electron chi connectivity index (χ1n) is 13.3. The van der Waals surface area contributed by atoms with E-state index in [1.807, 2.05) is 4.68 Å². The van der Waals surface area contributed by atoms with Crippen LogP contribution < -0.4 is 15.8 Å². The van der Waals surface area contributed by atoms with E-state index >= 15 is 0 Å². The number of anilines is 2. The number of methoxy groups -OCH3 is 2. The van der Waals surface area contributed by atoms with Gasteiger partial charge in [-0.05, 0) is 43.2 Å². The van der Waals surface area contributed by atoms with Crippen LogP contribution in [0.3, 0.4) is 0 Å². The predicted octanol–water partition coefficient (Wildman–Crippen LogP) is 3.92. The Balaban J connectivity index is 1.16. The van der Waals surface area contributed by atoms with Crippen LogP contribution in [0, 0.1) is 11.3 Å². The van der Waals surface area contributed by atoms with E-state index in [4.69, 9.17) is 15.2 Å². The summed E-state index contributed by atoms with van der Waals surface area (Å²) in [6.07, 6.45) is 5.25. The first kappa shape index (κ1) is 25.2. The van der Waals surface area contributed by atoms with Gasteiger partial charge < -0.3 is 20.5 Å². The molecule has 3 aromatic rings. The van der Waals surface area contributed by atoms with Crippen LogP contribution >= 0.6 is 0 Å². The van der Waals surface area contributed by atoms with Crippen molar-refractivity contribution >= 4 is 22.8 Å². The quantitative estimate of drug-likeness (QED) is 0.432. The average Bonchev–Trinajstić information content (AvgIpc) is 3.25. The minimum absolute atomic E-state index is 0.0287. The van der Waals surface area contributed by atoms with Crippen LogP contribution in [-0.2, 0) is 17.8 Å². The van der Waals surface area contributed by atoms with Gasteiger partial charge in [-0.15, -0.1) is 0 Å². The van der Waals surface area contributed by atoms with Gasteiger partial charge in [0, 0.05) is 50.7 Å². The van der Waals surface area contributed by atoms with Crippen molar-refractivity contribution in [3.63, 3.8) is 0 Å². The highest BCUT2D eigenvalue weighted by Crippen LogP contribution is 2.72. The van der Waals surface area contributed by atoms with E-state index in [0.29, 0.717) is 43.4 Å². The Bertz CT molecular complexity index is 1320. The molecule has 9 nitrogen and oxygen atoms in total. The Morgan fingerprint density at radius 1 is 1.13 bits per heavy atom.